The Balaban J connectivity index is 1.37. The zero-order valence-electron chi connectivity index (χ0n) is 21.4. The van der Waals surface area contributed by atoms with Gasteiger partial charge in [0.2, 0.25) is 5.91 Å². The second-order valence-electron chi connectivity index (χ2n) is 10.0. The number of nitrogens with zero attached hydrogens (tertiary/aromatic N) is 5. The monoisotopic (exact) mass is 525 g/mol. The SMILES string of the molecule is CCOC(=O)N1CCN(C(=O)[C@H]2Cc3cc([N+](=O)[O-])ccc3N3CCN(Cc4ccc(F)cc4)C[C@@H]23)CC1. The third-order valence-corrected chi connectivity index (χ3v) is 7.74. The molecule has 11 heteroatoms. The third-order valence-electron chi connectivity index (χ3n) is 7.74. The van der Waals surface area contributed by atoms with Gasteiger partial charge in [-0.05, 0) is 42.7 Å². The highest BCUT2D eigenvalue weighted by Gasteiger charge is 2.43. The Bertz CT molecular complexity index is 1200. The molecule has 0 radical (unpaired) electrons. The number of nitro benzene ring substituents is 1. The van der Waals surface area contributed by atoms with E-state index in [2.05, 4.69) is 9.80 Å². The second kappa shape index (κ2) is 10.9. The summed E-state index contributed by atoms with van der Waals surface area (Å²) < 4.78 is 18.5. The first-order chi connectivity index (χ1) is 18.3. The van der Waals surface area contributed by atoms with Crippen LogP contribution < -0.4 is 4.90 Å². The lowest BCUT2D eigenvalue weighted by Crippen LogP contribution is -2.62. The topological polar surface area (TPSA) is 99.5 Å². The third kappa shape index (κ3) is 5.28. The Morgan fingerprint density at radius 3 is 2.42 bits per heavy atom. The first kappa shape index (κ1) is 25.9. The number of carbonyl (C=O) groups is 2. The predicted molar refractivity (Wildman–Crippen MR) is 138 cm³/mol. The first-order valence-corrected chi connectivity index (χ1v) is 13.0. The van der Waals surface area contributed by atoms with E-state index in [1.54, 1.807) is 41.0 Å². The highest BCUT2D eigenvalue weighted by Crippen LogP contribution is 2.38. The molecule has 0 N–H and O–H groups in total. The van der Waals surface area contributed by atoms with Gasteiger partial charge in [0, 0.05) is 70.2 Å². The molecule has 10 nitrogen and oxygen atoms in total. The minimum absolute atomic E-state index is 0.00398. The number of amides is 2. The lowest BCUT2D eigenvalue weighted by molar-refractivity contribution is -0.384. The van der Waals surface area contributed by atoms with Crippen LogP contribution in [0.2, 0.25) is 0 Å². The Labute approximate surface area is 220 Å². The summed E-state index contributed by atoms with van der Waals surface area (Å²) in [6, 6.07) is 11.3. The summed E-state index contributed by atoms with van der Waals surface area (Å²) in [6.07, 6.45) is 0.0489. The molecule has 2 aromatic carbocycles. The number of ether oxygens (including phenoxy) is 1. The number of anilines is 1. The molecule has 38 heavy (non-hydrogen) atoms. The van der Waals surface area contributed by atoms with Gasteiger partial charge in [0.05, 0.1) is 23.5 Å². The van der Waals surface area contributed by atoms with Gasteiger partial charge in [-0.2, -0.15) is 0 Å². The molecule has 0 aromatic heterocycles. The molecule has 0 saturated carbocycles. The summed E-state index contributed by atoms with van der Waals surface area (Å²) in [4.78, 5) is 45.0. The lowest BCUT2D eigenvalue weighted by atomic mass is 9.82. The summed E-state index contributed by atoms with van der Waals surface area (Å²) in [7, 11) is 0. The fraction of sp³-hybridized carbons (Fsp3) is 0.481. The number of fused-ring (bicyclic) bond motifs is 3. The van der Waals surface area contributed by atoms with Gasteiger partial charge >= 0.3 is 6.09 Å². The van der Waals surface area contributed by atoms with Crippen molar-refractivity contribution >= 4 is 23.4 Å². The van der Waals surface area contributed by atoms with Gasteiger partial charge in [-0.1, -0.05) is 12.1 Å². The Morgan fingerprint density at radius 2 is 1.74 bits per heavy atom. The predicted octanol–water partition coefficient (Wildman–Crippen LogP) is 2.90. The zero-order valence-corrected chi connectivity index (χ0v) is 21.4. The molecule has 0 aliphatic carbocycles. The average molecular weight is 526 g/mol. The smallest absolute Gasteiger partial charge is 0.409 e. The number of halogens is 1. The van der Waals surface area contributed by atoms with Gasteiger partial charge in [-0.15, -0.1) is 0 Å². The van der Waals surface area contributed by atoms with E-state index in [4.69, 9.17) is 4.74 Å². The van der Waals surface area contributed by atoms with Crippen LogP contribution in [0.4, 0.5) is 20.6 Å². The molecule has 3 aliphatic heterocycles. The van der Waals surface area contributed by atoms with Crippen molar-refractivity contribution in [1.82, 2.24) is 14.7 Å². The van der Waals surface area contributed by atoms with E-state index < -0.39 is 4.92 Å². The minimum Gasteiger partial charge on any atom is -0.450 e. The average Bonchev–Trinajstić information content (AvgIpc) is 2.93. The lowest BCUT2D eigenvalue weighted by Gasteiger charge is -2.50. The van der Waals surface area contributed by atoms with Crippen molar-refractivity contribution in [3.8, 4) is 0 Å². The van der Waals surface area contributed by atoms with Crippen molar-refractivity contribution in [3.05, 3.63) is 69.5 Å². The zero-order chi connectivity index (χ0) is 26.8. The molecule has 2 atom stereocenters. The van der Waals surface area contributed by atoms with Gasteiger partial charge in [0.25, 0.3) is 5.69 Å². The summed E-state index contributed by atoms with van der Waals surface area (Å²) in [6.45, 7) is 6.44. The van der Waals surface area contributed by atoms with Crippen LogP contribution in [-0.2, 0) is 22.5 Å². The number of piperazine rings is 2. The first-order valence-electron chi connectivity index (χ1n) is 13.0. The van der Waals surface area contributed by atoms with E-state index in [1.807, 2.05) is 0 Å². The van der Waals surface area contributed by atoms with E-state index in [1.165, 1.54) is 18.2 Å². The molecule has 0 spiro atoms. The molecule has 0 unspecified atom stereocenters. The van der Waals surface area contributed by atoms with E-state index in [9.17, 15) is 24.1 Å². The summed E-state index contributed by atoms with van der Waals surface area (Å²) in [5.41, 5.74) is 2.78. The maximum absolute atomic E-state index is 13.9. The van der Waals surface area contributed by atoms with Crippen LogP contribution in [0.3, 0.4) is 0 Å². The molecular weight excluding hydrogens is 493 g/mol. The van der Waals surface area contributed by atoms with Crippen LogP contribution in [-0.4, -0.2) is 90.1 Å². The maximum Gasteiger partial charge on any atom is 0.409 e. The van der Waals surface area contributed by atoms with Crippen LogP contribution in [0.5, 0.6) is 0 Å². The molecule has 2 saturated heterocycles. The number of benzene rings is 2. The van der Waals surface area contributed by atoms with E-state index in [0.29, 0.717) is 58.8 Å². The van der Waals surface area contributed by atoms with Gasteiger partial charge in [-0.25, -0.2) is 9.18 Å². The highest BCUT2D eigenvalue weighted by atomic mass is 19.1. The Hall–Kier alpha value is -3.73. The normalized spacial score (nSPS) is 21.5. The largest absolute Gasteiger partial charge is 0.450 e. The van der Waals surface area contributed by atoms with Crippen LogP contribution in [0, 0.1) is 21.8 Å². The van der Waals surface area contributed by atoms with Gasteiger partial charge in [0.1, 0.15) is 5.82 Å². The number of hydrogen-bond donors (Lipinski definition) is 0. The van der Waals surface area contributed by atoms with E-state index >= 15 is 0 Å². The quantitative estimate of drug-likeness (QED) is 0.437. The van der Waals surface area contributed by atoms with E-state index in [0.717, 1.165) is 23.4 Å². The molecule has 5 rings (SSSR count). The number of carbonyl (C=O) groups excluding carboxylic acids is 2. The molecule has 3 heterocycles. The molecule has 2 amide bonds. The standard InChI is InChI=1S/C27H32FN5O5/c1-2-38-27(35)31-12-10-30(11-13-31)26(34)23-16-20-15-22(33(36)37)7-8-24(20)32-14-9-29(18-25(23)32)17-19-3-5-21(28)6-4-19/h3-8,15,23,25H,2,9-14,16-18H2,1H3/t23-,25-/m0/s1. The number of rotatable bonds is 5. The molecule has 2 fully saturated rings. The highest BCUT2D eigenvalue weighted by molar-refractivity contribution is 5.83. The van der Waals surface area contributed by atoms with Crippen molar-refractivity contribution < 1.29 is 23.6 Å². The van der Waals surface area contributed by atoms with Crippen LogP contribution >= 0.6 is 0 Å². The van der Waals surface area contributed by atoms with Crippen molar-refractivity contribution in [3.63, 3.8) is 0 Å². The van der Waals surface area contributed by atoms with Crippen molar-refractivity contribution in [2.24, 2.45) is 5.92 Å². The second-order valence-corrected chi connectivity index (χ2v) is 10.0. The van der Waals surface area contributed by atoms with Crippen LogP contribution in [0.25, 0.3) is 0 Å². The molecule has 202 valence electrons. The Kier molecular flexibility index (Phi) is 7.46. The summed E-state index contributed by atoms with van der Waals surface area (Å²) in [5, 5.41) is 11.4. The fourth-order valence-corrected chi connectivity index (χ4v) is 5.82. The van der Waals surface area contributed by atoms with Crippen LogP contribution in [0.15, 0.2) is 42.5 Å². The van der Waals surface area contributed by atoms with Gasteiger partial charge < -0.3 is 19.4 Å². The van der Waals surface area contributed by atoms with Crippen molar-refractivity contribution in [1.29, 1.82) is 0 Å². The minimum atomic E-state index is -0.404. The number of nitro groups is 1. The maximum atomic E-state index is 13.9. The van der Waals surface area contributed by atoms with Gasteiger partial charge in [-0.3, -0.25) is 19.8 Å². The van der Waals surface area contributed by atoms with Gasteiger partial charge in [0.15, 0.2) is 0 Å². The molecular formula is C27H32FN5O5. The summed E-state index contributed by atoms with van der Waals surface area (Å²) >= 11 is 0. The Morgan fingerprint density at radius 1 is 1.03 bits per heavy atom. The molecule has 3 aliphatic rings. The van der Waals surface area contributed by atoms with E-state index in [-0.39, 0.29) is 35.5 Å². The fourth-order valence-electron chi connectivity index (χ4n) is 5.82. The number of non-ortho nitro benzene ring substituents is 1. The van der Waals surface area contributed by atoms with Crippen molar-refractivity contribution in [2.45, 2.75) is 25.9 Å². The number of hydrogen-bond acceptors (Lipinski definition) is 7. The summed E-state index contributed by atoms with van der Waals surface area (Å²) in [5.74, 6) is -0.649. The van der Waals surface area contributed by atoms with Crippen molar-refractivity contribution in [2.75, 3.05) is 57.3 Å². The van der Waals surface area contributed by atoms with Crippen LogP contribution in [0.1, 0.15) is 18.1 Å². The molecule has 0 bridgehead atoms. The molecule has 2 aromatic rings.